The first kappa shape index (κ1) is 20.6. The number of thioether (sulfide) groups is 1. The van der Waals surface area contributed by atoms with E-state index in [1.165, 1.54) is 35.2 Å². The molecule has 150 valence electrons. The highest BCUT2D eigenvalue weighted by Gasteiger charge is 2.12. The van der Waals surface area contributed by atoms with Crippen LogP contribution in [0.4, 0.5) is 5.69 Å². The first-order chi connectivity index (χ1) is 14.5. The van der Waals surface area contributed by atoms with Crippen molar-refractivity contribution in [1.82, 2.24) is 4.98 Å². The van der Waals surface area contributed by atoms with Crippen LogP contribution in [0.2, 0.25) is 0 Å². The van der Waals surface area contributed by atoms with Crippen molar-refractivity contribution in [3.05, 3.63) is 82.3 Å². The predicted octanol–water partition coefficient (Wildman–Crippen LogP) is 5.99. The van der Waals surface area contributed by atoms with Crippen LogP contribution in [-0.4, -0.2) is 27.5 Å². The molecule has 4 aromatic rings. The van der Waals surface area contributed by atoms with Gasteiger partial charge in [0.1, 0.15) is 5.75 Å². The third-order valence-electron chi connectivity index (χ3n) is 4.25. The lowest BCUT2D eigenvalue weighted by Gasteiger charge is -2.05. The lowest BCUT2D eigenvalue weighted by atomic mass is 10.1. The van der Waals surface area contributed by atoms with Crippen molar-refractivity contribution in [2.45, 2.75) is 4.34 Å². The third-order valence-corrected chi connectivity index (χ3v) is 6.94. The molecule has 30 heavy (non-hydrogen) atoms. The molecule has 0 aliphatic carbocycles. The number of halogens is 1. The van der Waals surface area contributed by atoms with Crippen molar-refractivity contribution in [2.75, 3.05) is 11.1 Å². The molecule has 5 nitrogen and oxygen atoms in total. The van der Waals surface area contributed by atoms with Crippen molar-refractivity contribution in [3.8, 4) is 5.75 Å². The first-order valence-corrected chi connectivity index (χ1v) is 11.5. The highest BCUT2D eigenvalue weighted by molar-refractivity contribution is 9.10. The van der Waals surface area contributed by atoms with Gasteiger partial charge in [-0.15, -0.1) is 11.3 Å². The number of fused-ring (bicyclic) bond motifs is 1. The number of anilines is 1. The van der Waals surface area contributed by atoms with Crippen LogP contribution in [0.15, 0.2) is 75.5 Å². The van der Waals surface area contributed by atoms with E-state index in [9.17, 15) is 14.7 Å². The monoisotopic (exact) mass is 498 g/mol. The van der Waals surface area contributed by atoms with Gasteiger partial charge in [-0.05, 0) is 66.7 Å². The van der Waals surface area contributed by atoms with Gasteiger partial charge in [-0.3, -0.25) is 9.59 Å². The van der Waals surface area contributed by atoms with E-state index < -0.39 is 0 Å². The quantitative estimate of drug-likeness (QED) is 0.252. The minimum Gasteiger partial charge on any atom is -0.508 e. The Morgan fingerprint density at radius 1 is 1.00 bits per heavy atom. The Bertz CT molecular complexity index is 1220. The lowest BCUT2D eigenvalue weighted by Crippen LogP contribution is -2.11. The molecule has 0 atom stereocenters. The van der Waals surface area contributed by atoms with Gasteiger partial charge in [0.2, 0.25) is 0 Å². The Kier molecular flexibility index (Phi) is 6.17. The van der Waals surface area contributed by atoms with Gasteiger partial charge in [0, 0.05) is 21.3 Å². The van der Waals surface area contributed by atoms with Crippen LogP contribution in [0.3, 0.4) is 0 Å². The molecule has 1 heterocycles. The van der Waals surface area contributed by atoms with Crippen LogP contribution < -0.4 is 5.32 Å². The van der Waals surface area contributed by atoms with Crippen molar-refractivity contribution >= 4 is 66.6 Å². The molecule has 0 spiro atoms. The number of benzene rings is 3. The lowest BCUT2D eigenvalue weighted by molar-refractivity contribution is 0.101. The number of carbonyl (C=O) groups is 2. The fraction of sp³-hybridized carbons (Fsp3) is 0.0455. The third kappa shape index (κ3) is 4.89. The molecule has 0 radical (unpaired) electrons. The zero-order valence-corrected chi connectivity index (χ0v) is 18.7. The summed E-state index contributed by atoms with van der Waals surface area (Å²) in [4.78, 5) is 29.3. The Morgan fingerprint density at radius 2 is 1.70 bits per heavy atom. The number of nitrogens with one attached hydrogen (secondary N) is 1. The van der Waals surface area contributed by atoms with Gasteiger partial charge in [0.15, 0.2) is 10.1 Å². The molecule has 0 fully saturated rings. The van der Waals surface area contributed by atoms with Crippen LogP contribution in [0.1, 0.15) is 20.7 Å². The van der Waals surface area contributed by atoms with E-state index >= 15 is 0 Å². The predicted molar refractivity (Wildman–Crippen MR) is 125 cm³/mol. The number of phenolic OH excluding ortho intramolecular Hbond substituents is 1. The van der Waals surface area contributed by atoms with Gasteiger partial charge >= 0.3 is 0 Å². The van der Waals surface area contributed by atoms with Gasteiger partial charge in [-0.25, -0.2) is 4.98 Å². The Balaban J connectivity index is 1.43. The summed E-state index contributed by atoms with van der Waals surface area (Å²) < 4.78 is 2.63. The molecule has 2 N–H and O–H groups in total. The van der Waals surface area contributed by atoms with Crippen LogP contribution in [0, 0.1) is 0 Å². The molecule has 4 rings (SSSR count). The summed E-state index contributed by atoms with van der Waals surface area (Å²) in [6, 6.07) is 18.9. The highest BCUT2D eigenvalue weighted by atomic mass is 79.9. The Labute approximate surface area is 189 Å². The number of rotatable bonds is 6. The maximum atomic E-state index is 12.4. The van der Waals surface area contributed by atoms with Crippen molar-refractivity contribution < 1.29 is 14.7 Å². The zero-order valence-electron chi connectivity index (χ0n) is 15.5. The summed E-state index contributed by atoms with van der Waals surface area (Å²) >= 11 is 6.21. The second-order valence-corrected chi connectivity index (χ2v) is 9.55. The first-order valence-electron chi connectivity index (χ1n) is 8.90. The number of amides is 1. The van der Waals surface area contributed by atoms with E-state index in [2.05, 4.69) is 26.2 Å². The van der Waals surface area contributed by atoms with Gasteiger partial charge < -0.3 is 10.4 Å². The van der Waals surface area contributed by atoms with Gasteiger partial charge in [-0.2, -0.15) is 0 Å². The summed E-state index contributed by atoms with van der Waals surface area (Å²) in [6.07, 6.45) is 0. The fourth-order valence-corrected chi connectivity index (χ4v) is 4.97. The molecule has 0 saturated carbocycles. The number of phenols is 1. The fourth-order valence-electron chi connectivity index (χ4n) is 2.71. The largest absolute Gasteiger partial charge is 0.508 e. The SMILES string of the molecule is O=C(CSc1nc2ccc(NC(=O)c3ccc(Br)cc3)cc2s1)c1ccc(O)cc1. The minimum atomic E-state index is -0.180. The standard InChI is InChI=1S/C22H15BrN2O3S2/c23-15-5-1-14(2-6-15)21(28)24-16-7-10-18-20(11-16)30-22(25-18)29-12-19(27)13-3-8-17(26)9-4-13/h1-11,26H,12H2,(H,24,28). The molecule has 0 unspecified atom stereocenters. The second kappa shape index (κ2) is 8.99. The molecule has 0 aliphatic rings. The van der Waals surface area contributed by atoms with E-state index in [1.807, 2.05) is 30.3 Å². The van der Waals surface area contributed by atoms with E-state index in [-0.39, 0.29) is 23.2 Å². The van der Waals surface area contributed by atoms with Gasteiger partial charge in [0.05, 0.1) is 16.0 Å². The number of hydrogen-bond acceptors (Lipinski definition) is 6. The molecule has 0 saturated heterocycles. The summed E-state index contributed by atoms with van der Waals surface area (Å²) in [6.45, 7) is 0. The number of hydrogen-bond donors (Lipinski definition) is 2. The maximum absolute atomic E-state index is 12.4. The summed E-state index contributed by atoms with van der Waals surface area (Å²) in [5, 5.41) is 12.2. The molecular weight excluding hydrogens is 484 g/mol. The van der Waals surface area contributed by atoms with Crippen LogP contribution >= 0.6 is 39.0 Å². The Morgan fingerprint density at radius 3 is 2.43 bits per heavy atom. The van der Waals surface area contributed by atoms with Crippen LogP contribution in [0.5, 0.6) is 5.75 Å². The van der Waals surface area contributed by atoms with Crippen LogP contribution in [0.25, 0.3) is 10.2 Å². The number of nitrogens with zero attached hydrogens (tertiary/aromatic N) is 1. The van der Waals surface area contributed by atoms with Crippen molar-refractivity contribution in [1.29, 1.82) is 0 Å². The summed E-state index contributed by atoms with van der Waals surface area (Å²) in [5.74, 6) is 0.188. The number of aromatic nitrogens is 1. The van der Waals surface area contributed by atoms with E-state index in [0.29, 0.717) is 16.8 Å². The Hall–Kier alpha value is -2.68. The number of ketones is 1. The number of thiazole rings is 1. The van der Waals surface area contributed by atoms with E-state index in [1.54, 1.807) is 24.3 Å². The van der Waals surface area contributed by atoms with Gasteiger partial charge in [0.25, 0.3) is 5.91 Å². The number of Topliss-reactive ketones (excluding diaryl/α,β-unsaturated/α-hetero) is 1. The summed E-state index contributed by atoms with van der Waals surface area (Å²) in [7, 11) is 0. The molecule has 8 heteroatoms. The van der Waals surface area contributed by atoms with E-state index in [4.69, 9.17) is 0 Å². The second-order valence-electron chi connectivity index (χ2n) is 6.38. The minimum absolute atomic E-state index is 0.0262. The van der Waals surface area contributed by atoms with Crippen molar-refractivity contribution in [2.24, 2.45) is 0 Å². The normalized spacial score (nSPS) is 10.8. The zero-order chi connectivity index (χ0) is 21.1. The molecule has 1 aromatic heterocycles. The molecule has 0 aliphatic heterocycles. The average Bonchev–Trinajstić information content (AvgIpc) is 3.15. The smallest absolute Gasteiger partial charge is 0.255 e. The number of aromatic hydroxyl groups is 1. The number of carbonyl (C=O) groups excluding carboxylic acids is 2. The molecule has 3 aromatic carbocycles. The topological polar surface area (TPSA) is 79.3 Å². The van der Waals surface area contributed by atoms with Crippen molar-refractivity contribution in [3.63, 3.8) is 0 Å². The average molecular weight is 499 g/mol. The molecule has 1 amide bonds. The van der Waals surface area contributed by atoms with E-state index in [0.717, 1.165) is 19.0 Å². The maximum Gasteiger partial charge on any atom is 0.255 e. The summed E-state index contributed by atoms with van der Waals surface area (Å²) in [5.41, 5.74) is 2.64. The van der Waals surface area contributed by atoms with Crippen LogP contribution in [-0.2, 0) is 0 Å². The van der Waals surface area contributed by atoms with Gasteiger partial charge in [-0.1, -0.05) is 27.7 Å². The molecular formula is C22H15BrN2O3S2. The molecule has 0 bridgehead atoms. The highest BCUT2D eigenvalue weighted by Crippen LogP contribution is 2.32.